The lowest BCUT2D eigenvalue weighted by Gasteiger charge is -2.06. The van der Waals surface area contributed by atoms with Crippen molar-refractivity contribution in [2.24, 2.45) is 0 Å². The van der Waals surface area contributed by atoms with E-state index < -0.39 is 0 Å². The molecule has 6 nitrogen and oxygen atoms in total. The smallest absolute Gasteiger partial charge is 0.276 e. The summed E-state index contributed by atoms with van der Waals surface area (Å²) in [5, 5.41) is 11.3. The van der Waals surface area contributed by atoms with Crippen LogP contribution in [0.1, 0.15) is 6.42 Å². The van der Waals surface area contributed by atoms with Crippen molar-refractivity contribution in [2.45, 2.75) is 11.6 Å². The van der Waals surface area contributed by atoms with Crippen molar-refractivity contribution in [3.63, 3.8) is 0 Å². The zero-order valence-corrected chi connectivity index (χ0v) is 16.3. The van der Waals surface area contributed by atoms with Crippen LogP contribution < -0.4 is 10.1 Å². The summed E-state index contributed by atoms with van der Waals surface area (Å²) in [6.45, 7) is 0. The summed E-state index contributed by atoms with van der Waals surface area (Å²) in [6, 6.07) is 14.9. The van der Waals surface area contributed by atoms with Gasteiger partial charge in [-0.15, -0.1) is 10.2 Å². The number of halogens is 1. The highest BCUT2D eigenvalue weighted by Crippen LogP contribution is 2.25. The number of carbonyl (C=O) groups excluding carboxylic acids is 1. The van der Waals surface area contributed by atoms with Crippen LogP contribution in [0.25, 0.3) is 11.5 Å². The molecule has 0 aliphatic heterocycles. The molecule has 1 amide bonds. The van der Waals surface area contributed by atoms with E-state index in [0.29, 0.717) is 34.7 Å². The Balaban J connectivity index is 1.49. The Morgan fingerprint density at radius 1 is 1.23 bits per heavy atom. The number of rotatable bonds is 7. The summed E-state index contributed by atoms with van der Waals surface area (Å²) < 4.78 is 11.7. The first-order valence-electron chi connectivity index (χ1n) is 7.80. The fourth-order valence-electron chi connectivity index (χ4n) is 2.16. The van der Waals surface area contributed by atoms with Crippen LogP contribution in [0.4, 0.5) is 5.69 Å². The van der Waals surface area contributed by atoms with E-state index in [-0.39, 0.29) is 5.91 Å². The second-order valence-electron chi connectivity index (χ2n) is 5.26. The lowest BCUT2D eigenvalue weighted by molar-refractivity contribution is -0.115. The van der Waals surface area contributed by atoms with Gasteiger partial charge in [-0.2, -0.15) is 0 Å². The lowest BCUT2D eigenvalue weighted by atomic mass is 10.2. The SMILES string of the molecule is COc1cccc(NC(=O)CCSc2nnc(-c3cccc(Br)c3)o2)c1. The van der Waals surface area contributed by atoms with E-state index in [2.05, 4.69) is 31.4 Å². The fraction of sp³-hybridized carbons (Fsp3) is 0.167. The van der Waals surface area contributed by atoms with Crippen LogP contribution in [0.3, 0.4) is 0 Å². The molecule has 1 N–H and O–H groups in total. The highest BCUT2D eigenvalue weighted by molar-refractivity contribution is 9.10. The van der Waals surface area contributed by atoms with E-state index in [0.717, 1.165) is 10.0 Å². The normalized spacial score (nSPS) is 10.5. The van der Waals surface area contributed by atoms with E-state index in [1.165, 1.54) is 11.8 Å². The molecule has 26 heavy (non-hydrogen) atoms. The van der Waals surface area contributed by atoms with Crippen LogP contribution >= 0.6 is 27.7 Å². The molecule has 3 aromatic rings. The Hall–Kier alpha value is -2.32. The molecule has 134 valence electrons. The molecule has 8 heteroatoms. The van der Waals surface area contributed by atoms with Crippen molar-refractivity contribution in [1.82, 2.24) is 10.2 Å². The molecule has 0 saturated heterocycles. The first kappa shape index (κ1) is 18.5. The number of nitrogens with one attached hydrogen (secondary N) is 1. The number of ether oxygens (including phenoxy) is 1. The maximum atomic E-state index is 12.0. The molecule has 0 unspecified atom stereocenters. The zero-order valence-electron chi connectivity index (χ0n) is 13.9. The van der Waals surface area contributed by atoms with Gasteiger partial charge in [-0.25, -0.2) is 0 Å². The summed E-state index contributed by atoms with van der Waals surface area (Å²) in [4.78, 5) is 12.0. The largest absolute Gasteiger partial charge is 0.497 e. The quantitative estimate of drug-likeness (QED) is 0.547. The van der Waals surface area contributed by atoms with E-state index in [9.17, 15) is 4.79 Å². The number of benzene rings is 2. The average molecular weight is 434 g/mol. The monoisotopic (exact) mass is 433 g/mol. The molecule has 0 aliphatic carbocycles. The summed E-state index contributed by atoms with van der Waals surface area (Å²) in [7, 11) is 1.59. The number of hydrogen-bond donors (Lipinski definition) is 1. The van der Waals surface area contributed by atoms with E-state index in [4.69, 9.17) is 9.15 Å². The summed E-state index contributed by atoms with van der Waals surface area (Å²) in [5.41, 5.74) is 1.54. The Kier molecular flexibility index (Phi) is 6.30. The van der Waals surface area contributed by atoms with Crippen molar-refractivity contribution in [2.75, 3.05) is 18.2 Å². The topological polar surface area (TPSA) is 77.2 Å². The predicted molar refractivity (Wildman–Crippen MR) is 104 cm³/mol. The third-order valence-electron chi connectivity index (χ3n) is 3.39. The van der Waals surface area contributed by atoms with Crippen LogP contribution in [-0.2, 0) is 4.79 Å². The number of aromatic nitrogens is 2. The van der Waals surface area contributed by atoms with Gasteiger partial charge in [-0.05, 0) is 30.3 Å². The van der Waals surface area contributed by atoms with Crippen LogP contribution in [0.2, 0.25) is 0 Å². The van der Waals surface area contributed by atoms with Gasteiger partial charge in [-0.3, -0.25) is 4.79 Å². The molecule has 0 radical (unpaired) electrons. The van der Waals surface area contributed by atoms with Gasteiger partial charge in [0, 0.05) is 34.0 Å². The maximum absolute atomic E-state index is 12.0. The third-order valence-corrected chi connectivity index (χ3v) is 4.70. The van der Waals surface area contributed by atoms with Crippen LogP contribution in [0.5, 0.6) is 5.75 Å². The van der Waals surface area contributed by atoms with Crippen LogP contribution in [0, 0.1) is 0 Å². The third kappa shape index (κ3) is 5.09. The maximum Gasteiger partial charge on any atom is 0.276 e. The van der Waals surface area contributed by atoms with Crippen molar-refractivity contribution in [3.8, 4) is 17.2 Å². The first-order chi connectivity index (χ1) is 12.6. The minimum atomic E-state index is -0.0857. The number of thioether (sulfide) groups is 1. The minimum absolute atomic E-state index is 0.0857. The molecule has 0 spiro atoms. The first-order valence-corrected chi connectivity index (χ1v) is 9.58. The lowest BCUT2D eigenvalue weighted by Crippen LogP contribution is -2.12. The average Bonchev–Trinajstić information content (AvgIpc) is 3.11. The van der Waals surface area contributed by atoms with Crippen molar-refractivity contribution >= 4 is 39.3 Å². The highest BCUT2D eigenvalue weighted by atomic mass is 79.9. The molecule has 1 aromatic heterocycles. The van der Waals surface area contributed by atoms with Gasteiger partial charge in [0.15, 0.2) is 0 Å². The molecule has 0 atom stereocenters. The van der Waals surface area contributed by atoms with Crippen molar-refractivity contribution < 1.29 is 13.9 Å². The predicted octanol–water partition coefficient (Wildman–Crippen LogP) is 4.63. The van der Waals surface area contributed by atoms with Gasteiger partial charge in [0.25, 0.3) is 5.22 Å². The molecule has 3 rings (SSSR count). The van der Waals surface area contributed by atoms with Gasteiger partial charge < -0.3 is 14.5 Å². The molecule has 0 saturated carbocycles. The second-order valence-corrected chi connectivity index (χ2v) is 7.22. The number of amides is 1. The minimum Gasteiger partial charge on any atom is -0.497 e. The van der Waals surface area contributed by atoms with Gasteiger partial charge in [0.2, 0.25) is 11.8 Å². The van der Waals surface area contributed by atoms with Gasteiger partial charge in [-0.1, -0.05) is 39.8 Å². The Bertz CT molecular complexity index is 901. The Morgan fingerprint density at radius 2 is 2.08 bits per heavy atom. The molecule has 2 aromatic carbocycles. The number of hydrogen-bond acceptors (Lipinski definition) is 6. The summed E-state index contributed by atoms with van der Waals surface area (Å²) in [5.74, 6) is 1.60. The van der Waals surface area contributed by atoms with Crippen LogP contribution in [0.15, 0.2) is 62.6 Å². The van der Waals surface area contributed by atoms with Crippen LogP contribution in [-0.4, -0.2) is 29.0 Å². The van der Waals surface area contributed by atoms with Crippen molar-refractivity contribution in [3.05, 3.63) is 53.0 Å². The summed E-state index contributed by atoms with van der Waals surface area (Å²) >= 11 is 4.76. The molecule has 1 heterocycles. The standard InChI is InChI=1S/C18H16BrN3O3S/c1-24-15-7-3-6-14(11-15)20-16(23)8-9-26-18-22-21-17(25-18)12-4-2-5-13(19)10-12/h2-7,10-11H,8-9H2,1H3,(H,20,23). The van der Waals surface area contributed by atoms with Gasteiger partial charge in [0.05, 0.1) is 7.11 Å². The Morgan fingerprint density at radius 3 is 2.88 bits per heavy atom. The van der Waals surface area contributed by atoms with E-state index in [1.54, 1.807) is 13.2 Å². The molecule has 0 fully saturated rings. The molecular formula is C18H16BrN3O3S. The highest BCUT2D eigenvalue weighted by Gasteiger charge is 2.10. The molecule has 0 aliphatic rings. The number of carbonyl (C=O) groups is 1. The number of nitrogens with zero attached hydrogens (tertiary/aromatic N) is 2. The van der Waals surface area contributed by atoms with Crippen molar-refractivity contribution in [1.29, 1.82) is 0 Å². The fourth-order valence-corrected chi connectivity index (χ4v) is 3.26. The second kappa shape index (κ2) is 8.86. The number of anilines is 1. The van der Waals surface area contributed by atoms with Gasteiger partial charge in [0.1, 0.15) is 5.75 Å². The molecular weight excluding hydrogens is 418 g/mol. The number of methoxy groups -OCH3 is 1. The van der Waals surface area contributed by atoms with E-state index in [1.807, 2.05) is 42.5 Å². The van der Waals surface area contributed by atoms with Gasteiger partial charge >= 0.3 is 0 Å². The molecule has 0 bridgehead atoms. The van der Waals surface area contributed by atoms with E-state index >= 15 is 0 Å². The Labute approximate surface area is 163 Å². The summed E-state index contributed by atoms with van der Waals surface area (Å²) in [6.07, 6.45) is 0.330. The zero-order chi connectivity index (χ0) is 18.4.